The lowest BCUT2D eigenvalue weighted by atomic mass is 9.95. The molecular formula is C16H18N6O4. The van der Waals surface area contributed by atoms with Crippen molar-refractivity contribution in [2.75, 3.05) is 11.9 Å². The number of nitrogens with zero attached hydrogens (tertiary/aromatic N) is 4. The van der Waals surface area contributed by atoms with E-state index in [1.165, 1.54) is 12.1 Å². The second-order valence-corrected chi connectivity index (χ2v) is 5.90. The predicted molar refractivity (Wildman–Crippen MR) is 92.2 cm³/mol. The Kier molecular flexibility index (Phi) is 4.67. The fourth-order valence-corrected chi connectivity index (χ4v) is 2.94. The zero-order chi connectivity index (χ0) is 18.8. The Labute approximate surface area is 148 Å². The number of anilines is 1. The van der Waals surface area contributed by atoms with E-state index in [4.69, 9.17) is 10.8 Å². The number of nitrogens with one attached hydrogen (secondary N) is 1. The topological polar surface area (TPSA) is 149 Å². The van der Waals surface area contributed by atoms with Gasteiger partial charge in [-0.25, -0.2) is 4.68 Å². The summed E-state index contributed by atoms with van der Waals surface area (Å²) < 4.78 is 1.54. The van der Waals surface area contributed by atoms with Gasteiger partial charge in [0.05, 0.1) is 10.5 Å². The summed E-state index contributed by atoms with van der Waals surface area (Å²) in [6.07, 6.45) is 0.997. The number of nitrogens with two attached hydrogens (primary N) is 1. The highest BCUT2D eigenvalue weighted by Gasteiger charge is 2.33. The number of nitro groups is 1. The molecule has 0 bridgehead atoms. The lowest BCUT2D eigenvalue weighted by Crippen LogP contribution is -2.31. The average Bonchev–Trinajstić information content (AvgIpc) is 3.00. The number of carbonyl (C=O) groups is 1. The molecule has 136 valence electrons. The maximum absolute atomic E-state index is 12.0. The van der Waals surface area contributed by atoms with Gasteiger partial charge >= 0.3 is 0 Å². The van der Waals surface area contributed by atoms with Gasteiger partial charge in [0, 0.05) is 30.9 Å². The molecule has 0 saturated heterocycles. The van der Waals surface area contributed by atoms with Crippen LogP contribution >= 0.6 is 0 Å². The lowest BCUT2D eigenvalue weighted by molar-refractivity contribution is -0.384. The molecule has 1 unspecified atom stereocenters. The molecule has 0 spiro atoms. The highest BCUT2D eigenvalue weighted by molar-refractivity contribution is 5.95. The third kappa shape index (κ3) is 3.14. The van der Waals surface area contributed by atoms with E-state index in [1.807, 2.05) is 0 Å². The van der Waals surface area contributed by atoms with E-state index in [-0.39, 0.29) is 12.3 Å². The molecule has 26 heavy (non-hydrogen) atoms. The first-order valence-corrected chi connectivity index (χ1v) is 8.00. The number of nitro benzene ring substituents is 1. The van der Waals surface area contributed by atoms with Crippen LogP contribution in [0.2, 0.25) is 0 Å². The van der Waals surface area contributed by atoms with Gasteiger partial charge in [0.15, 0.2) is 5.82 Å². The third-order valence-electron chi connectivity index (χ3n) is 4.14. The molecule has 0 aliphatic carbocycles. The molecule has 10 heteroatoms. The van der Waals surface area contributed by atoms with Crippen molar-refractivity contribution in [3.05, 3.63) is 57.0 Å². The first-order valence-electron chi connectivity index (χ1n) is 8.00. The number of rotatable bonds is 6. The van der Waals surface area contributed by atoms with Crippen LogP contribution in [0.4, 0.5) is 11.6 Å². The van der Waals surface area contributed by atoms with Gasteiger partial charge in [-0.3, -0.25) is 14.9 Å². The minimum Gasteiger partial charge on any atom is -0.396 e. The van der Waals surface area contributed by atoms with E-state index in [0.29, 0.717) is 41.4 Å². The molecule has 0 radical (unpaired) electrons. The van der Waals surface area contributed by atoms with Crippen LogP contribution in [0.5, 0.6) is 0 Å². The molecule has 1 aliphatic rings. The zero-order valence-electron chi connectivity index (χ0n) is 14.0. The molecule has 10 nitrogen and oxygen atoms in total. The van der Waals surface area contributed by atoms with Crippen molar-refractivity contribution in [2.45, 2.75) is 25.8 Å². The second-order valence-electron chi connectivity index (χ2n) is 5.90. The van der Waals surface area contributed by atoms with Crippen LogP contribution in [0.25, 0.3) is 0 Å². The van der Waals surface area contributed by atoms with E-state index in [1.54, 1.807) is 23.7 Å². The molecule has 1 aliphatic heterocycles. The molecular weight excluding hydrogens is 340 g/mol. The van der Waals surface area contributed by atoms with E-state index >= 15 is 0 Å². The number of hydrogen-bond acceptors (Lipinski definition) is 7. The van der Waals surface area contributed by atoms with Gasteiger partial charge < -0.3 is 16.2 Å². The number of hydrogen-bond donors (Lipinski definition) is 3. The van der Waals surface area contributed by atoms with Gasteiger partial charge in [-0.2, -0.15) is 10.1 Å². The van der Waals surface area contributed by atoms with Crippen molar-refractivity contribution >= 4 is 17.5 Å². The highest BCUT2D eigenvalue weighted by atomic mass is 16.6. The van der Waals surface area contributed by atoms with Crippen molar-refractivity contribution in [3.63, 3.8) is 0 Å². The fourth-order valence-electron chi connectivity index (χ4n) is 2.94. The summed E-state index contributed by atoms with van der Waals surface area (Å²) >= 11 is 0. The molecule has 4 N–H and O–H groups in total. The minimum atomic E-state index is -0.639. The van der Waals surface area contributed by atoms with Crippen LogP contribution in [0.15, 0.2) is 35.5 Å². The molecule has 1 amide bonds. The lowest BCUT2D eigenvalue weighted by Gasteiger charge is -2.27. The number of benzene rings is 1. The Balaban J connectivity index is 2.08. The Bertz CT molecular complexity index is 887. The Morgan fingerprint density at radius 2 is 2.12 bits per heavy atom. The standard InChI is InChI=1S/C16H18N6O4/c1-9-13(15(17)24)14(10-4-6-11(7-5-10)22(25)26)21-16(18-9)19-12(20-21)3-2-8-23/h4-7,14,23H,2-3,8H2,1H3,(H2,17,24)(H,18,19,20). The summed E-state index contributed by atoms with van der Waals surface area (Å²) in [5.41, 5.74) is 7.01. The molecule has 1 atom stereocenters. The van der Waals surface area contributed by atoms with E-state index in [9.17, 15) is 14.9 Å². The Hall–Kier alpha value is -3.27. The van der Waals surface area contributed by atoms with Crippen LogP contribution in [0.1, 0.15) is 30.8 Å². The second kappa shape index (κ2) is 6.92. The molecule has 2 heterocycles. The van der Waals surface area contributed by atoms with Crippen molar-refractivity contribution in [1.29, 1.82) is 0 Å². The Morgan fingerprint density at radius 1 is 1.42 bits per heavy atom. The first-order chi connectivity index (χ1) is 12.4. The van der Waals surface area contributed by atoms with E-state index < -0.39 is 16.9 Å². The van der Waals surface area contributed by atoms with Crippen LogP contribution < -0.4 is 11.1 Å². The molecule has 0 fully saturated rings. The normalized spacial score (nSPS) is 16.2. The van der Waals surface area contributed by atoms with Gasteiger partial charge in [0.25, 0.3) is 5.69 Å². The zero-order valence-corrected chi connectivity index (χ0v) is 14.0. The third-order valence-corrected chi connectivity index (χ3v) is 4.14. The van der Waals surface area contributed by atoms with Gasteiger partial charge in [0.1, 0.15) is 6.04 Å². The monoisotopic (exact) mass is 358 g/mol. The summed E-state index contributed by atoms with van der Waals surface area (Å²) in [5.74, 6) is 0.354. The number of aryl methyl sites for hydroxylation is 1. The number of aromatic nitrogens is 3. The molecule has 0 saturated carbocycles. The number of non-ortho nitro benzene ring substituents is 1. The Morgan fingerprint density at radius 3 is 2.69 bits per heavy atom. The van der Waals surface area contributed by atoms with Crippen LogP contribution in [-0.4, -0.2) is 37.3 Å². The van der Waals surface area contributed by atoms with Gasteiger partial charge in [-0.15, -0.1) is 0 Å². The number of aliphatic hydroxyl groups is 1. The van der Waals surface area contributed by atoms with Gasteiger partial charge in [0.2, 0.25) is 11.9 Å². The largest absolute Gasteiger partial charge is 0.396 e. The SMILES string of the molecule is CC1=C(C(N)=O)C(c2ccc([N+](=O)[O-])cc2)n2nc(CCCO)nc2N1. The van der Waals surface area contributed by atoms with E-state index in [0.717, 1.165) is 0 Å². The van der Waals surface area contributed by atoms with Gasteiger partial charge in [-0.1, -0.05) is 0 Å². The maximum Gasteiger partial charge on any atom is 0.269 e. The van der Waals surface area contributed by atoms with Crippen LogP contribution in [-0.2, 0) is 11.2 Å². The summed E-state index contributed by atoms with van der Waals surface area (Å²) in [6, 6.07) is 5.25. The van der Waals surface area contributed by atoms with Crippen molar-refractivity contribution < 1.29 is 14.8 Å². The number of carbonyl (C=O) groups excluding carboxylic acids is 1. The quantitative estimate of drug-likeness (QED) is 0.512. The van der Waals surface area contributed by atoms with E-state index in [2.05, 4.69) is 15.4 Å². The summed E-state index contributed by atoms with van der Waals surface area (Å²) in [7, 11) is 0. The molecule has 2 aromatic rings. The average molecular weight is 358 g/mol. The summed E-state index contributed by atoms with van der Waals surface area (Å²) in [4.78, 5) is 26.8. The molecule has 1 aromatic carbocycles. The van der Waals surface area contributed by atoms with Crippen LogP contribution in [0.3, 0.4) is 0 Å². The fraction of sp³-hybridized carbons (Fsp3) is 0.312. The number of primary amides is 1. The predicted octanol–water partition coefficient (Wildman–Crippen LogP) is 0.885. The number of aliphatic hydroxyl groups excluding tert-OH is 1. The highest BCUT2D eigenvalue weighted by Crippen LogP contribution is 2.35. The first kappa shape index (κ1) is 17.5. The van der Waals surface area contributed by atoms with Crippen molar-refractivity contribution in [3.8, 4) is 0 Å². The molecule has 3 rings (SSSR count). The van der Waals surface area contributed by atoms with Gasteiger partial charge in [-0.05, 0) is 31.0 Å². The smallest absolute Gasteiger partial charge is 0.269 e. The summed E-state index contributed by atoms with van der Waals surface area (Å²) in [5, 5.41) is 27.3. The number of amides is 1. The number of allylic oxidation sites excluding steroid dienone is 1. The molecule has 1 aromatic heterocycles. The van der Waals surface area contributed by atoms with Crippen molar-refractivity contribution in [1.82, 2.24) is 14.8 Å². The minimum absolute atomic E-state index is 0.0207. The van der Waals surface area contributed by atoms with Crippen LogP contribution in [0, 0.1) is 10.1 Å². The maximum atomic E-state index is 12.0. The van der Waals surface area contributed by atoms with Crippen molar-refractivity contribution in [2.24, 2.45) is 5.73 Å². The number of fused-ring (bicyclic) bond motifs is 1. The summed E-state index contributed by atoms with van der Waals surface area (Å²) in [6.45, 7) is 1.73.